The molecule has 0 atom stereocenters. The van der Waals surface area contributed by atoms with Gasteiger partial charge in [0.25, 0.3) is 5.91 Å². The molecule has 1 fully saturated rings. The van der Waals surface area contributed by atoms with Gasteiger partial charge in [0.15, 0.2) is 5.84 Å². The van der Waals surface area contributed by atoms with Crippen LogP contribution in [0.2, 0.25) is 0 Å². The van der Waals surface area contributed by atoms with E-state index in [4.69, 9.17) is 10.9 Å². The van der Waals surface area contributed by atoms with E-state index in [9.17, 15) is 4.79 Å². The molecule has 1 aromatic carbocycles. The Morgan fingerprint density at radius 1 is 1.40 bits per heavy atom. The molecule has 2 rings (SSSR count). The number of nitrogens with one attached hydrogen (secondary N) is 1. The smallest absolute Gasteiger partial charge is 0.251 e. The van der Waals surface area contributed by atoms with Crippen LogP contribution in [-0.4, -0.2) is 48.0 Å². The van der Waals surface area contributed by atoms with E-state index in [1.54, 1.807) is 24.3 Å². The molecule has 0 aliphatic carbocycles. The number of rotatable bonds is 3. The third kappa shape index (κ3) is 3.48. The van der Waals surface area contributed by atoms with Crippen molar-refractivity contribution in [1.82, 2.24) is 10.2 Å². The highest BCUT2D eigenvalue weighted by molar-refractivity contribution is 6.01. The maximum Gasteiger partial charge on any atom is 0.251 e. The number of benzene rings is 1. The average molecular weight is 276 g/mol. The molecule has 1 aromatic rings. The van der Waals surface area contributed by atoms with Crippen molar-refractivity contribution in [2.24, 2.45) is 10.9 Å². The van der Waals surface area contributed by atoms with Crippen molar-refractivity contribution in [1.29, 1.82) is 0 Å². The molecular weight excluding hydrogens is 256 g/mol. The van der Waals surface area contributed by atoms with Crippen molar-refractivity contribution >= 4 is 11.7 Å². The molecule has 6 heteroatoms. The molecule has 20 heavy (non-hydrogen) atoms. The van der Waals surface area contributed by atoms with Gasteiger partial charge in [0.05, 0.1) is 0 Å². The molecule has 0 radical (unpaired) electrons. The second-order valence-corrected chi connectivity index (χ2v) is 5.12. The highest BCUT2D eigenvalue weighted by Gasteiger charge is 2.19. The first-order valence-electron chi connectivity index (χ1n) is 6.67. The third-order valence-electron chi connectivity index (χ3n) is 3.58. The van der Waals surface area contributed by atoms with Gasteiger partial charge in [0.2, 0.25) is 0 Å². The zero-order valence-corrected chi connectivity index (χ0v) is 11.5. The highest BCUT2D eigenvalue weighted by atomic mass is 16.4. The molecule has 1 aliphatic rings. The van der Waals surface area contributed by atoms with Crippen LogP contribution in [0.15, 0.2) is 29.4 Å². The fourth-order valence-electron chi connectivity index (χ4n) is 2.30. The molecule has 1 heterocycles. The predicted molar refractivity (Wildman–Crippen MR) is 76.9 cm³/mol. The summed E-state index contributed by atoms with van der Waals surface area (Å²) >= 11 is 0. The van der Waals surface area contributed by atoms with Crippen LogP contribution < -0.4 is 11.1 Å². The first-order chi connectivity index (χ1) is 9.60. The van der Waals surface area contributed by atoms with Crippen molar-refractivity contribution in [3.8, 4) is 0 Å². The quantitative estimate of drug-likeness (QED) is 0.326. The van der Waals surface area contributed by atoms with E-state index in [0.717, 1.165) is 25.9 Å². The van der Waals surface area contributed by atoms with Crippen molar-refractivity contribution in [3.63, 3.8) is 0 Å². The Morgan fingerprint density at radius 3 is 2.70 bits per heavy atom. The lowest BCUT2D eigenvalue weighted by molar-refractivity contribution is 0.0917. The molecule has 0 bridgehead atoms. The molecule has 4 N–H and O–H groups in total. The second kappa shape index (κ2) is 6.38. The molecule has 0 aromatic heterocycles. The van der Waals surface area contributed by atoms with Crippen LogP contribution in [-0.2, 0) is 0 Å². The van der Waals surface area contributed by atoms with Crippen LogP contribution >= 0.6 is 0 Å². The fourth-order valence-corrected chi connectivity index (χ4v) is 2.30. The number of likely N-dealkylation sites (tertiary alicyclic amines) is 1. The van der Waals surface area contributed by atoms with Gasteiger partial charge >= 0.3 is 0 Å². The fraction of sp³-hybridized carbons (Fsp3) is 0.429. The number of carbonyl (C=O) groups excluding carboxylic acids is 1. The van der Waals surface area contributed by atoms with E-state index in [-0.39, 0.29) is 17.8 Å². The van der Waals surface area contributed by atoms with E-state index in [2.05, 4.69) is 22.4 Å². The minimum atomic E-state index is -0.118. The molecule has 1 saturated heterocycles. The lowest BCUT2D eigenvalue weighted by atomic mass is 10.0. The van der Waals surface area contributed by atoms with E-state index in [0.29, 0.717) is 11.1 Å². The SMILES string of the molecule is CN1CCC(NC(=O)c2cccc(/C(N)=N/O)c2)CC1. The largest absolute Gasteiger partial charge is 0.409 e. The topological polar surface area (TPSA) is 91.0 Å². The number of amidine groups is 1. The van der Waals surface area contributed by atoms with Gasteiger partial charge < -0.3 is 21.2 Å². The Hall–Kier alpha value is -2.08. The summed E-state index contributed by atoms with van der Waals surface area (Å²) in [7, 11) is 2.08. The van der Waals surface area contributed by atoms with Gasteiger partial charge in [-0.25, -0.2) is 0 Å². The first kappa shape index (κ1) is 14.3. The van der Waals surface area contributed by atoms with Gasteiger partial charge in [-0.05, 0) is 45.1 Å². The first-order valence-corrected chi connectivity index (χ1v) is 6.67. The summed E-state index contributed by atoms with van der Waals surface area (Å²) < 4.78 is 0. The summed E-state index contributed by atoms with van der Waals surface area (Å²) in [6, 6.07) is 6.97. The third-order valence-corrected chi connectivity index (χ3v) is 3.58. The summed E-state index contributed by atoms with van der Waals surface area (Å²) in [5, 5.41) is 14.6. The summed E-state index contributed by atoms with van der Waals surface area (Å²) in [4.78, 5) is 14.4. The van der Waals surface area contributed by atoms with E-state index >= 15 is 0 Å². The van der Waals surface area contributed by atoms with Crippen molar-refractivity contribution < 1.29 is 10.0 Å². The van der Waals surface area contributed by atoms with Crippen LogP contribution in [0.5, 0.6) is 0 Å². The van der Waals surface area contributed by atoms with Crippen molar-refractivity contribution in [2.45, 2.75) is 18.9 Å². The normalized spacial score (nSPS) is 17.9. The number of amides is 1. The molecule has 1 amide bonds. The van der Waals surface area contributed by atoms with Crippen LogP contribution in [0, 0.1) is 0 Å². The van der Waals surface area contributed by atoms with Crippen LogP contribution in [0.4, 0.5) is 0 Å². The van der Waals surface area contributed by atoms with Gasteiger partial charge in [-0.2, -0.15) is 0 Å². The number of carbonyl (C=O) groups is 1. The highest BCUT2D eigenvalue weighted by Crippen LogP contribution is 2.10. The van der Waals surface area contributed by atoms with Gasteiger partial charge in [-0.1, -0.05) is 17.3 Å². The molecule has 6 nitrogen and oxygen atoms in total. The van der Waals surface area contributed by atoms with Crippen LogP contribution in [0.25, 0.3) is 0 Å². The van der Waals surface area contributed by atoms with Gasteiger partial charge in [0, 0.05) is 17.2 Å². The number of oxime groups is 1. The Morgan fingerprint density at radius 2 is 2.05 bits per heavy atom. The van der Waals surface area contributed by atoms with Gasteiger partial charge in [0.1, 0.15) is 0 Å². The summed E-state index contributed by atoms with van der Waals surface area (Å²) in [6.45, 7) is 1.99. The maximum atomic E-state index is 12.2. The number of nitrogens with zero attached hydrogens (tertiary/aromatic N) is 2. The van der Waals surface area contributed by atoms with Crippen molar-refractivity contribution in [3.05, 3.63) is 35.4 Å². The monoisotopic (exact) mass is 276 g/mol. The summed E-state index contributed by atoms with van der Waals surface area (Å²) in [5.41, 5.74) is 6.58. The number of nitrogens with two attached hydrogens (primary N) is 1. The summed E-state index contributed by atoms with van der Waals surface area (Å²) in [5.74, 6) is -0.119. The average Bonchev–Trinajstić information content (AvgIpc) is 2.49. The Bertz CT molecular complexity index is 508. The zero-order chi connectivity index (χ0) is 14.5. The number of piperidine rings is 1. The lowest BCUT2D eigenvalue weighted by Crippen LogP contribution is -2.43. The Kier molecular flexibility index (Phi) is 4.57. The lowest BCUT2D eigenvalue weighted by Gasteiger charge is -2.29. The molecule has 108 valence electrons. The second-order valence-electron chi connectivity index (χ2n) is 5.12. The minimum Gasteiger partial charge on any atom is -0.409 e. The summed E-state index contributed by atoms with van der Waals surface area (Å²) in [6.07, 6.45) is 1.92. The maximum absolute atomic E-state index is 12.2. The van der Waals surface area contributed by atoms with Crippen LogP contribution in [0.3, 0.4) is 0 Å². The minimum absolute atomic E-state index is 0.000980. The molecule has 1 aliphatic heterocycles. The van der Waals surface area contributed by atoms with E-state index in [1.165, 1.54) is 0 Å². The van der Waals surface area contributed by atoms with Crippen molar-refractivity contribution in [2.75, 3.05) is 20.1 Å². The molecule has 0 unspecified atom stereocenters. The molecular formula is C14H20N4O2. The van der Waals surface area contributed by atoms with Gasteiger partial charge in [-0.3, -0.25) is 4.79 Å². The zero-order valence-electron chi connectivity index (χ0n) is 11.5. The Labute approximate surface area is 118 Å². The van der Waals surface area contributed by atoms with E-state index in [1.807, 2.05) is 0 Å². The van der Waals surface area contributed by atoms with Gasteiger partial charge in [-0.15, -0.1) is 0 Å². The van der Waals surface area contributed by atoms with Crippen LogP contribution in [0.1, 0.15) is 28.8 Å². The van der Waals surface area contributed by atoms with E-state index < -0.39 is 0 Å². The predicted octanol–water partition coefficient (Wildman–Crippen LogP) is 0.605. The standard InChI is InChI=1S/C14H20N4O2/c1-18-7-5-12(6-8-18)16-14(19)11-4-2-3-10(9-11)13(15)17-20/h2-4,9,12,20H,5-8H2,1H3,(H2,15,17)(H,16,19). The molecule has 0 spiro atoms. The number of hydrogen-bond donors (Lipinski definition) is 3. The Balaban J connectivity index is 2.02. The number of hydrogen-bond acceptors (Lipinski definition) is 4. The molecule has 0 saturated carbocycles.